The van der Waals surface area contributed by atoms with Gasteiger partial charge in [0.25, 0.3) is 0 Å². The Morgan fingerprint density at radius 2 is 1.87 bits per heavy atom. The lowest BCUT2D eigenvalue weighted by Crippen LogP contribution is -2.47. The second kappa shape index (κ2) is 9.32. The van der Waals surface area contributed by atoms with Crippen molar-refractivity contribution in [2.75, 3.05) is 42.9 Å². The molecule has 2 aromatic rings. The van der Waals surface area contributed by atoms with Gasteiger partial charge in [-0.25, -0.2) is 4.98 Å². The van der Waals surface area contributed by atoms with Crippen LogP contribution in [0, 0.1) is 11.3 Å². The Labute approximate surface area is 176 Å². The van der Waals surface area contributed by atoms with Crippen molar-refractivity contribution in [3.63, 3.8) is 0 Å². The quantitative estimate of drug-likeness (QED) is 0.770. The summed E-state index contributed by atoms with van der Waals surface area (Å²) in [7, 11) is 0. The molecular formula is C20H19ClF3N5O. The van der Waals surface area contributed by atoms with Gasteiger partial charge in [0.1, 0.15) is 5.82 Å². The van der Waals surface area contributed by atoms with Gasteiger partial charge in [0.2, 0.25) is 5.91 Å². The predicted molar refractivity (Wildman–Crippen MR) is 107 cm³/mol. The van der Waals surface area contributed by atoms with Crippen LogP contribution in [0.25, 0.3) is 0 Å². The Balaban J connectivity index is 1.46. The third kappa shape index (κ3) is 5.62. The van der Waals surface area contributed by atoms with Crippen molar-refractivity contribution in [1.82, 2.24) is 9.88 Å². The van der Waals surface area contributed by atoms with E-state index in [1.807, 2.05) is 11.0 Å². The first-order valence-corrected chi connectivity index (χ1v) is 9.64. The molecule has 0 bridgehead atoms. The van der Waals surface area contributed by atoms with Gasteiger partial charge in [-0.15, -0.1) is 0 Å². The Morgan fingerprint density at radius 3 is 2.43 bits per heavy atom. The maximum atomic E-state index is 12.8. The van der Waals surface area contributed by atoms with E-state index in [4.69, 9.17) is 16.9 Å². The van der Waals surface area contributed by atoms with Crippen molar-refractivity contribution >= 4 is 29.0 Å². The standard InChI is InChI=1S/C20H19ClF3N5O/c21-17-11-15(20(22,23)24)13-26-19(17)29-9-7-28(8-10-29)6-5-18(30)27-16-3-1-14(12-25)2-4-16/h1-4,11,13H,5-10H2,(H,27,30). The number of nitriles is 1. The van der Waals surface area contributed by atoms with Crippen molar-refractivity contribution in [3.8, 4) is 6.07 Å². The molecule has 1 aliphatic rings. The van der Waals surface area contributed by atoms with Gasteiger partial charge in [-0.2, -0.15) is 18.4 Å². The predicted octanol–water partition coefficient (Wildman–Crippen LogP) is 3.78. The molecule has 0 unspecified atom stereocenters. The van der Waals surface area contributed by atoms with Crippen LogP contribution >= 0.6 is 11.6 Å². The number of hydrogen-bond donors (Lipinski definition) is 1. The summed E-state index contributed by atoms with van der Waals surface area (Å²) in [4.78, 5) is 20.0. The number of rotatable bonds is 5. The number of anilines is 2. The van der Waals surface area contributed by atoms with Crippen LogP contribution in [0.5, 0.6) is 0 Å². The highest BCUT2D eigenvalue weighted by Crippen LogP contribution is 2.33. The zero-order valence-corrected chi connectivity index (χ0v) is 16.7. The van der Waals surface area contributed by atoms with Crippen LogP contribution in [0.15, 0.2) is 36.5 Å². The van der Waals surface area contributed by atoms with E-state index < -0.39 is 11.7 Å². The summed E-state index contributed by atoms with van der Waals surface area (Å²) in [5, 5.41) is 11.5. The lowest BCUT2D eigenvalue weighted by molar-refractivity contribution is -0.137. The molecule has 158 valence electrons. The molecule has 0 spiro atoms. The number of alkyl halides is 3. The summed E-state index contributed by atoms with van der Waals surface area (Å²) in [5.74, 6) is 0.206. The molecule has 0 atom stereocenters. The topological polar surface area (TPSA) is 72.3 Å². The van der Waals surface area contributed by atoms with Crippen molar-refractivity contribution < 1.29 is 18.0 Å². The molecular weight excluding hydrogens is 419 g/mol. The van der Waals surface area contributed by atoms with Gasteiger partial charge < -0.3 is 10.2 Å². The highest BCUT2D eigenvalue weighted by molar-refractivity contribution is 6.33. The normalized spacial score (nSPS) is 15.0. The summed E-state index contributed by atoms with van der Waals surface area (Å²) in [5.41, 5.74) is 0.281. The first-order chi connectivity index (χ1) is 14.3. The molecule has 1 aromatic carbocycles. The van der Waals surface area contributed by atoms with E-state index in [0.29, 0.717) is 56.2 Å². The number of carbonyl (C=O) groups excluding carboxylic acids is 1. The highest BCUT2D eigenvalue weighted by atomic mass is 35.5. The lowest BCUT2D eigenvalue weighted by atomic mass is 10.2. The van der Waals surface area contributed by atoms with Crippen LogP contribution in [0.4, 0.5) is 24.7 Å². The van der Waals surface area contributed by atoms with Gasteiger partial charge >= 0.3 is 6.18 Å². The number of carbonyl (C=O) groups is 1. The van der Waals surface area contributed by atoms with E-state index in [1.54, 1.807) is 24.3 Å². The summed E-state index contributed by atoms with van der Waals surface area (Å²) in [6.45, 7) is 2.95. The fraction of sp³-hybridized carbons (Fsp3) is 0.350. The molecule has 1 aliphatic heterocycles. The molecule has 1 amide bonds. The van der Waals surface area contributed by atoms with Crippen LogP contribution in [0.2, 0.25) is 5.02 Å². The molecule has 1 fully saturated rings. The molecule has 0 aliphatic carbocycles. The minimum Gasteiger partial charge on any atom is -0.353 e. The van der Waals surface area contributed by atoms with Gasteiger partial charge in [-0.1, -0.05) is 11.6 Å². The SMILES string of the molecule is N#Cc1ccc(NC(=O)CCN2CCN(c3ncc(C(F)(F)F)cc3Cl)CC2)cc1. The number of halogens is 4. The van der Waals surface area contributed by atoms with E-state index >= 15 is 0 Å². The minimum atomic E-state index is -4.48. The molecule has 30 heavy (non-hydrogen) atoms. The highest BCUT2D eigenvalue weighted by Gasteiger charge is 2.32. The molecule has 1 aromatic heterocycles. The van der Waals surface area contributed by atoms with E-state index in [0.717, 1.165) is 12.3 Å². The number of amides is 1. The average molecular weight is 438 g/mol. The number of aromatic nitrogens is 1. The van der Waals surface area contributed by atoms with E-state index in [1.165, 1.54) is 0 Å². The number of hydrogen-bond acceptors (Lipinski definition) is 5. The van der Waals surface area contributed by atoms with Crippen molar-refractivity contribution in [2.45, 2.75) is 12.6 Å². The van der Waals surface area contributed by atoms with Crippen molar-refractivity contribution in [1.29, 1.82) is 5.26 Å². The molecule has 1 N–H and O–H groups in total. The average Bonchev–Trinajstić information content (AvgIpc) is 2.72. The van der Waals surface area contributed by atoms with E-state index in [9.17, 15) is 18.0 Å². The second-order valence-corrected chi connectivity index (χ2v) is 7.25. The number of piperazine rings is 1. The molecule has 0 radical (unpaired) electrons. The first-order valence-electron chi connectivity index (χ1n) is 9.26. The van der Waals surface area contributed by atoms with Crippen LogP contribution in [-0.4, -0.2) is 48.5 Å². The van der Waals surface area contributed by atoms with Gasteiger partial charge in [0, 0.05) is 51.0 Å². The van der Waals surface area contributed by atoms with Crippen molar-refractivity contribution in [3.05, 3.63) is 52.7 Å². The second-order valence-electron chi connectivity index (χ2n) is 6.84. The smallest absolute Gasteiger partial charge is 0.353 e. The summed E-state index contributed by atoms with van der Waals surface area (Å²) >= 11 is 6.02. The monoisotopic (exact) mass is 437 g/mol. The molecule has 2 heterocycles. The lowest BCUT2D eigenvalue weighted by Gasteiger charge is -2.35. The van der Waals surface area contributed by atoms with Crippen LogP contribution < -0.4 is 10.2 Å². The zero-order chi connectivity index (χ0) is 21.7. The maximum absolute atomic E-state index is 12.8. The van der Waals surface area contributed by atoms with Gasteiger partial charge in [0.05, 0.1) is 22.2 Å². The maximum Gasteiger partial charge on any atom is 0.417 e. The van der Waals surface area contributed by atoms with Crippen LogP contribution in [0.3, 0.4) is 0 Å². The zero-order valence-electron chi connectivity index (χ0n) is 15.9. The Morgan fingerprint density at radius 1 is 1.20 bits per heavy atom. The summed E-state index contributed by atoms with van der Waals surface area (Å²) in [6, 6.07) is 9.53. The molecule has 3 rings (SSSR count). The number of pyridine rings is 1. The van der Waals surface area contributed by atoms with E-state index in [-0.39, 0.29) is 10.9 Å². The summed E-state index contributed by atoms with van der Waals surface area (Å²) < 4.78 is 38.3. The number of nitrogens with zero attached hydrogens (tertiary/aromatic N) is 4. The fourth-order valence-corrected chi connectivity index (χ4v) is 3.40. The van der Waals surface area contributed by atoms with Crippen molar-refractivity contribution in [2.24, 2.45) is 0 Å². The molecule has 0 saturated carbocycles. The van der Waals surface area contributed by atoms with E-state index in [2.05, 4.69) is 15.2 Å². The molecule has 10 heteroatoms. The summed E-state index contributed by atoms with van der Waals surface area (Å²) in [6.07, 6.45) is -3.38. The Kier molecular flexibility index (Phi) is 6.80. The minimum absolute atomic E-state index is 0.0277. The Bertz CT molecular complexity index is 935. The first kappa shape index (κ1) is 21.9. The Hall–Kier alpha value is -2.83. The largest absolute Gasteiger partial charge is 0.417 e. The number of benzene rings is 1. The number of nitrogens with one attached hydrogen (secondary N) is 1. The third-order valence-electron chi connectivity index (χ3n) is 4.77. The fourth-order valence-electron chi connectivity index (χ4n) is 3.11. The van der Waals surface area contributed by atoms with Crippen LogP contribution in [-0.2, 0) is 11.0 Å². The van der Waals surface area contributed by atoms with Gasteiger partial charge in [-0.3, -0.25) is 9.69 Å². The molecule has 1 saturated heterocycles. The molecule has 6 nitrogen and oxygen atoms in total. The third-order valence-corrected chi connectivity index (χ3v) is 5.05. The van der Waals surface area contributed by atoms with Gasteiger partial charge in [0.15, 0.2) is 0 Å². The van der Waals surface area contributed by atoms with Crippen LogP contribution in [0.1, 0.15) is 17.5 Å². The van der Waals surface area contributed by atoms with Gasteiger partial charge in [-0.05, 0) is 30.3 Å².